The SMILES string of the molecule is C[C@@H]1CCC[C@H](C)N1CCCC(C)(CO)NC1CC1. The highest BCUT2D eigenvalue weighted by atomic mass is 16.3. The molecule has 0 spiro atoms. The molecule has 2 fully saturated rings. The van der Waals surface area contributed by atoms with Crippen molar-refractivity contribution in [2.45, 2.75) is 89.4 Å². The Morgan fingerprint density at radius 1 is 1.16 bits per heavy atom. The summed E-state index contributed by atoms with van der Waals surface area (Å²) in [6.07, 6.45) is 8.92. The number of likely N-dealkylation sites (tertiary alicyclic amines) is 1. The first-order valence-electron chi connectivity index (χ1n) is 8.18. The highest BCUT2D eigenvalue weighted by Gasteiger charge is 2.32. The maximum atomic E-state index is 9.63. The lowest BCUT2D eigenvalue weighted by Gasteiger charge is -2.40. The fraction of sp³-hybridized carbons (Fsp3) is 1.00. The molecule has 19 heavy (non-hydrogen) atoms. The molecule has 1 saturated carbocycles. The molecule has 1 saturated heterocycles. The van der Waals surface area contributed by atoms with Gasteiger partial charge in [0, 0.05) is 23.7 Å². The Hall–Kier alpha value is -0.120. The van der Waals surface area contributed by atoms with Crippen LogP contribution in [0.4, 0.5) is 0 Å². The third kappa shape index (κ3) is 4.44. The lowest BCUT2D eigenvalue weighted by atomic mass is 9.94. The van der Waals surface area contributed by atoms with Crippen molar-refractivity contribution in [3.8, 4) is 0 Å². The normalized spacial score (nSPS) is 32.2. The van der Waals surface area contributed by atoms with Crippen molar-refractivity contribution in [1.82, 2.24) is 10.2 Å². The summed E-state index contributed by atoms with van der Waals surface area (Å²) >= 11 is 0. The molecule has 3 heteroatoms. The van der Waals surface area contributed by atoms with Gasteiger partial charge in [0.2, 0.25) is 0 Å². The van der Waals surface area contributed by atoms with Gasteiger partial charge >= 0.3 is 0 Å². The van der Waals surface area contributed by atoms with Crippen molar-refractivity contribution < 1.29 is 5.11 Å². The average Bonchev–Trinajstić information content (AvgIpc) is 3.17. The van der Waals surface area contributed by atoms with E-state index in [1.54, 1.807) is 0 Å². The van der Waals surface area contributed by atoms with Gasteiger partial charge in [0.15, 0.2) is 0 Å². The van der Waals surface area contributed by atoms with E-state index < -0.39 is 0 Å². The minimum atomic E-state index is -0.0660. The molecule has 0 amide bonds. The lowest BCUT2D eigenvalue weighted by molar-refractivity contribution is 0.0924. The first-order valence-corrected chi connectivity index (χ1v) is 8.18. The Labute approximate surface area is 118 Å². The van der Waals surface area contributed by atoms with E-state index in [0.717, 1.165) is 18.5 Å². The first-order chi connectivity index (χ1) is 9.04. The molecule has 0 bridgehead atoms. The fourth-order valence-electron chi connectivity index (χ4n) is 3.48. The number of aliphatic hydroxyl groups is 1. The molecule has 3 atom stereocenters. The van der Waals surface area contributed by atoms with E-state index in [4.69, 9.17) is 0 Å². The largest absolute Gasteiger partial charge is 0.394 e. The number of piperidine rings is 1. The molecule has 0 aromatic rings. The second-order valence-electron chi connectivity index (χ2n) is 7.11. The molecule has 1 aliphatic carbocycles. The van der Waals surface area contributed by atoms with Crippen LogP contribution in [0.25, 0.3) is 0 Å². The lowest BCUT2D eigenvalue weighted by Crippen LogP contribution is -2.48. The Kier molecular flexibility index (Phi) is 5.27. The number of rotatable bonds is 7. The van der Waals surface area contributed by atoms with E-state index in [1.165, 1.54) is 45.1 Å². The third-order valence-corrected chi connectivity index (χ3v) is 5.00. The third-order valence-electron chi connectivity index (χ3n) is 5.00. The maximum Gasteiger partial charge on any atom is 0.0610 e. The van der Waals surface area contributed by atoms with Crippen molar-refractivity contribution in [2.24, 2.45) is 0 Å². The number of hydrogen-bond donors (Lipinski definition) is 2. The van der Waals surface area contributed by atoms with E-state index in [1.807, 2.05) is 0 Å². The summed E-state index contributed by atoms with van der Waals surface area (Å²) in [6, 6.07) is 2.14. The number of nitrogens with zero attached hydrogens (tertiary/aromatic N) is 1. The molecule has 0 aromatic carbocycles. The summed E-state index contributed by atoms with van der Waals surface area (Å²) in [5, 5.41) is 13.2. The Balaban J connectivity index is 1.74. The zero-order chi connectivity index (χ0) is 13.9. The van der Waals surface area contributed by atoms with E-state index in [2.05, 4.69) is 31.0 Å². The molecule has 1 aliphatic heterocycles. The fourth-order valence-corrected chi connectivity index (χ4v) is 3.48. The van der Waals surface area contributed by atoms with Gasteiger partial charge in [-0.05, 0) is 65.8 Å². The molecule has 0 aromatic heterocycles. The quantitative estimate of drug-likeness (QED) is 0.745. The van der Waals surface area contributed by atoms with Gasteiger partial charge < -0.3 is 10.4 Å². The molecular formula is C16H32N2O. The molecule has 2 aliphatic rings. The summed E-state index contributed by atoms with van der Waals surface area (Å²) < 4.78 is 0. The zero-order valence-electron chi connectivity index (χ0n) is 13.0. The number of nitrogens with one attached hydrogen (secondary N) is 1. The highest BCUT2D eigenvalue weighted by Crippen LogP contribution is 2.26. The predicted octanol–water partition coefficient (Wildman–Crippen LogP) is 2.53. The summed E-state index contributed by atoms with van der Waals surface area (Å²) in [5.74, 6) is 0. The molecule has 2 rings (SSSR count). The minimum Gasteiger partial charge on any atom is -0.394 e. The van der Waals surface area contributed by atoms with E-state index in [0.29, 0.717) is 6.04 Å². The van der Waals surface area contributed by atoms with Crippen molar-refractivity contribution >= 4 is 0 Å². The maximum absolute atomic E-state index is 9.63. The van der Waals surface area contributed by atoms with Gasteiger partial charge in [0.1, 0.15) is 0 Å². The predicted molar refractivity (Wildman–Crippen MR) is 80.4 cm³/mol. The average molecular weight is 268 g/mol. The van der Waals surface area contributed by atoms with Crippen LogP contribution in [0.2, 0.25) is 0 Å². The molecule has 1 unspecified atom stereocenters. The van der Waals surface area contributed by atoms with Crippen molar-refractivity contribution in [3.63, 3.8) is 0 Å². The van der Waals surface area contributed by atoms with Crippen LogP contribution in [0, 0.1) is 0 Å². The van der Waals surface area contributed by atoms with Crippen LogP contribution in [0.3, 0.4) is 0 Å². The van der Waals surface area contributed by atoms with Gasteiger partial charge in [-0.2, -0.15) is 0 Å². The molecular weight excluding hydrogens is 236 g/mol. The van der Waals surface area contributed by atoms with E-state index in [9.17, 15) is 5.11 Å². The summed E-state index contributed by atoms with van der Waals surface area (Å²) in [6.45, 7) is 8.35. The second kappa shape index (κ2) is 6.55. The zero-order valence-corrected chi connectivity index (χ0v) is 13.0. The summed E-state index contributed by atoms with van der Waals surface area (Å²) in [4.78, 5) is 2.67. The van der Waals surface area contributed by atoms with E-state index in [-0.39, 0.29) is 12.1 Å². The molecule has 0 radical (unpaired) electrons. The second-order valence-corrected chi connectivity index (χ2v) is 7.11. The topological polar surface area (TPSA) is 35.5 Å². The first kappa shape index (κ1) is 15.3. The van der Waals surface area contributed by atoms with Gasteiger partial charge in [0.25, 0.3) is 0 Å². The van der Waals surface area contributed by atoms with Crippen LogP contribution in [-0.4, -0.2) is 46.8 Å². The molecule has 1 heterocycles. The van der Waals surface area contributed by atoms with Gasteiger partial charge in [-0.3, -0.25) is 4.90 Å². The van der Waals surface area contributed by atoms with Crippen LogP contribution in [-0.2, 0) is 0 Å². The van der Waals surface area contributed by atoms with Crippen LogP contribution in [0.5, 0.6) is 0 Å². The van der Waals surface area contributed by atoms with Crippen molar-refractivity contribution in [3.05, 3.63) is 0 Å². The molecule has 2 N–H and O–H groups in total. The van der Waals surface area contributed by atoms with Gasteiger partial charge in [0.05, 0.1) is 6.61 Å². The van der Waals surface area contributed by atoms with Gasteiger partial charge in [-0.25, -0.2) is 0 Å². The van der Waals surface area contributed by atoms with Crippen LogP contribution in [0.15, 0.2) is 0 Å². The van der Waals surface area contributed by atoms with Crippen molar-refractivity contribution in [1.29, 1.82) is 0 Å². The monoisotopic (exact) mass is 268 g/mol. The molecule has 3 nitrogen and oxygen atoms in total. The summed E-state index contributed by atoms with van der Waals surface area (Å²) in [7, 11) is 0. The van der Waals surface area contributed by atoms with Crippen molar-refractivity contribution in [2.75, 3.05) is 13.2 Å². The standard InChI is InChI=1S/C16H32N2O/c1-13-6-4-7-14(2)18(13)11-5-10-16(3,12-19)17-15-8-9-15/h13-15,17,19H,4-12H2,1-3H3/t13-,14+,16?. The smallest absolute Gasteiger partial charge is 0.0610 e. The van der Waals surface area contributed by atoms with Gasteiger partial charge in [-0.15, -0.1) is 0 Å². The Bertz CT molecular complexity index is 270. The highest BCUT2D eigenvalue weighted by molar-refractivity contribution is 4.92. The Morgan fingerprint density at radius 2 is 1.79 bits per heavy atom. The van der Waals surface area contributed by atoms with Gasteiger partial charge in [-0.1, -0.05) is 6.42 Å². The molecule has 112 valence electrons. The number of aliphatic hydroxyl groups excluding tert-OH is 1. The minimum absolute atomic E-state index is 0.0660. The van der Waals surface area contributed by atoms with Crippen LogP contribution >= 0.6 is 0 Å². The summed E-state index contributed by atoms with van der Waals surface area (Å²) in [5.41, 5.74) is -0.0660. The van der Waals surface area contributed by atoms with E-state index >= 15 is 0 Å². The van der Waals surface area contributed by atoms with Crippen LogP contribution in [0.1, 0.15) is 65.7 Å². The number of hydrogen-bond acceptors (Lipinski definition) is 3. The Morgan fingerprint density at radius 3 is 2.32 bits per heavy atom. The van der Waals surface area contributed by atoms with Crippen LogP contribution < -0.4 is 5.32 Å².